The van der Waals surface area contributed by atoms with Crippen LogP contribution in [0.1, 0.15) is 34.3 Å². The fraction of sp³-hybridized carbons (Fsp3) is 0.333. The number of piperidine rings is 1. The van der Waals surface area contributed by atoms with E-state index in [1.54, 1.807) is 35.2 Å². The van der Waals surface area contributed by atoms with Crippen molar-refractivity contribution in [3.63, 3.8) is 0 Å². The molecule has 5 heterocycles. The molecule has 2 fully saturated rings. The number of carbonyl (C=O) groups is 1. The lowest BCUT2D eigenvalue weighted by Gasteiger charge is -2.37. The Hall–Kier alpha value is -3.93. The highest BCUT2D eigenvalue weighted by Crippen LogP contribution is 2.34. The molecule has 4 aromatic rings. The Morgan fingerprint density at radius 2 is 1.80 bits per heavy atom. The molecule has 0 aliphatic carbocycles. The van der Waals surface area contributed by atoms with Gasteiger partial charge in [-0.2, -0.15) is 0 Å². The second kappa shape index (κ2) is 10.8. The number of benzene rings is 2. The third-order valence-electron chi connectivity index (χ3n) is 7.66. The zero-order valence-electron chi connectivity index (χ0n) is 22.3. The van der Waals surface area contributed by atoms with Gasteiger partial charge < -0.3 is 23.8 Å². The Kier molecular flexibility index (Phi) is 6.85. The Bertz CT molecular complexity index is 1660. The van der Waals surface area contributed by atoms with Gasteiger partial charge >= 0.3 is 0 Å². The number of nitrogens with zero attached hydrogens (tertiary/aromatic N) is 4. The van der Waals surface area contributed by atoms with Crippen molar-refractivity contribution >= 4 is 28.6 Å². The van der Waals surface area contributed by atoms with Crippen molar-refractivity contribution in [1.82, 2.24) is 19.4 Å². The van der Waals surface area contributed by atoms with E-state index in [2.05, 4.69) is 4.98 Å². The molecular formula is C30H28N4O6S. The second-order valence-corrected chi connectivity index (χ2v) is 11.2. The lowest BCUT2D eigenvalue weighted by molar-refractivity contribution is -0.181. The zero-order valence-corrected chi connectivity index (χ0v) is 23.1. The van der Waals surface area contributed by atoms with Crippen molar-refractivity contribution in [3.05, 3.63) is 88.0 Å². The highest BCUT2D eigenvalue weighted by Gasteiger charge is 2.40. The number of rotatable bonds is 6. The molecule has 0 N–H and O–H groups in total. The summed E-state index contributed by atoms with van der Waals surface area (Å²) in [6.07, 6.45) is 4.82. The lowest BCUT2D eigenvalue weighted by atomic mass is 10.0. The maximum atomic E-state index is 13.8. The minimum atomic E-state index is -0.550. The predicted molar refractivity (Wildman–Crippen MR) is 151 cm³/mol. The summed E-state index contributed by atoms with van der Waals surface area (Å²) in [7, 11) is 0. The lowest BCUT2D eigenvalue weighted by Crippen LogP contribution is -2.47. The average Bonchev–Trinajstić information content (AvgIpc) is 3.67. The van der Waals surface area contributed by atoms with Crippen LogP contribution in [0.2, 0.25) is 0 Å². The van der Waals surface area contributed by atoms with Crippen LogP contribution in [0.4, 0.5) is 0 Å². The molecular weight excluding hydrogens is 544 g/mol. The number of likely N-dealkylation sites (tertiary alicyclic amines) is 1. The minimum Gasteiger partial charge on any atom is -0.454 e. The van der Waals surface area contributed by atoms with Gasteiger partial charge in [0.2, 0.25) is 6.79 Å². The SMILES string of the molecule is O=C(c1ccc2c(=O)n(Cc3ccc4c(c3)OCO4)c(SCc3cccnc3)nc2c1)N1CCC2(CC1)OCCO2. The van der Waals surface area contributed by atoms with Gasteiger partial charge in [-0.15, -0.1) is 0 Å². The number of carbonyl (C=O) groups excluding carboxylic acids is 1. The van der Waals surface area contributed by atoms with E-state index in [9.17, 15) is 9.59 Å². The molecule has 2 saturated heterocycles. The Labute approximate surface area is 240 Å². The van der Waals surface area contributed by atoms with Crippen molar-refractivity contribution in [2.24, 2.45) is 0 Å². The molecule has 2 aromatic carbocycles. The molecule has 0 unspecified atom stereocenters. The molecule has 1 amide bonds. The monoisotopic (exact) mass is 572 g/mol. The van der Waals surface area contributed by atoms with Crippen LogP contribution in [0.3, 0.4) is 0 Å². The van der Waals surface area contributed by atoms with Crippen LogP contribution in [0.5, 0.6) is 11.5 Å². The van der Waals surface area contributed by atoms with Crippen LogP contribution < -0.4 is 15.0 Å². The molecule has 1 spiro atoms. The van der Waals surface area contributed by atoms with E-state index in [-0.39, 0.29) is 18.3 Å². The predicted octanol–water partition coefficient (Wildman–Crippen LogP) is 3.84. The van der Waals surface area contributed by atoms with Crippen LogP contribution in [0.15, 0.2) is 70.9 Å². The molecule has 0 bridgehead atoms. The second-order valence-electron chi connectivity index (χ2n) is 10.3. The van der Waals surface area contributed by atoms with Gasteiger partial charge in [0.1, 0.15) is 0 Å². The minimum absolute atomic E-state index is 0.0874. The summed E-state index contributed by atoms with van der Waals surface area (Å²) in [5.74, 6) is 1.30. The van der Waals surface area contributed by atoms with Gasteiger partial charge in [0.05, 0.1) is 30.7 Å². The number of ether oxygens (including phenoxy) is 4. The summed E-state index contributed by atoms with van der Waals surface area (Å²) in [6, 6.07) is 14.7. The van der Waals surface area contributed by atoms with E-state index >= 15 is 0 Å². The van der Waals surface area contributed by atoms with Crippen molar-refractivity contribution in [3.8, 4) is 11.5 Å². The molecule has 41 heavy (non-hydrogen) atoms. The van der Waals surface area contributed by atoms with Gasteiger partial charge in [0.15, 0.2) is 22.4 Å². The summed E-state index contributed by atoms with van der Waals surface area (Å²) in [6.45, 7) is 2.79. The van der Waals surface area contributed by atoms with Gasteiger partial charge in [-0.3, -0.25) is 19.1 Å². The van der Waals surface area contributed by atoms with Crippen LogP contribution in [-0.2, 0) is 21.8 Å². The van der Waals surface area contributed by atoms with Crippen molar-refractivity contribution in [2.45, 2.75) is 36.1 Å². The summed E-state index contributed by atoms with van der Waals surface area (Å²) >= 11 is 1.46. The molecule has 3 aliphatic rings. The number of pyridine rings is 1. The van der Waals surface area contributed by atoms with Crippen molar-refractivity contribution in [2.75, 3.05) is 33.1 Å². The van der Waals surface area contributed by atoms with Gasteiger partial charge in [0, 0.05) is 49.6 Å². The molecule has 210 valence electrons. The fourth-order valence-electron chi connectivity index (χ4n) is 5.46. The normalized spacial score (nSPS) is 17.4. The van der Waals surface area contributed by atoms with E-state index in [4.69, 9.17) is 23.9 Å². The third-order valence-corrected chi connectivity index (χ3v) is 8.71. The first kappa shape index (κ1) is 26.0. The van der Waals surface area contributed by atoms with E-state index in [0.717, 1.165) is 11.1 Å². The Morgan fingerprint density at radius 3 is 2.61 bits per heavy atom. The molecule has 10 nitrogen and oxygen atoms in total. The van der Waals surface area contributed by atoms with Crippen molar-refractivity contribution < 1.29 is 23.7 Å². The number of hydrogen-bond acceptors (Lipinski definition) is 9. The summed E-state index contributed by atoms with van der Waals surface area (Å²) < 4.78 is 24.3. The first-order valence-corrected chi connectivity index (χ1v) is 14.6. The maximum absolute atomic E-state index is 13.8. The summed E-state index contributed by atoms with van der Waals surface area (Å²) in [5, 5.41) is 1.02. The largest absolute Gasteiger partial charge is 0.454 e. The van der Waals surface area contributed by atoms with Crippen LogP contribution in [-0.4, -0.2) is 64.2 Å². The van der Waals surface area contributed by atoms with E-state index in [1.165, 1.54) is 11.8 Å². The topological polar surface area (TPSA) is 105 Å². The van der Waals surface area contributed by atoms with E-state index in [1.807, 2.05) is 35.2 Å². The Balaban J connectivity index is 1.20. The average molecular weight is 573 g/mol. The van der Waals surface area contributed by atoms with E-state index in [0.29, 0.717) is 84.6 Å². The molecule has 0 saturated carbocycles. The van der Waals surface area contributed by atoms with Crippen LogP contribution in [0.25, 0.3) is 10.9 Å². The van der Waals surface area contributed by atoms with Crippen LogP contribution >= 0.6 is 11.8 Å². The van der Waals surface area contributed by atoms with Gasteiger partial charge in [0.25, 0.3) is 11.5 Å². The molecule has 0 atom stereocenters. The zero-order chi connectivity index (χ0) is 27.8. The van der Waals surface area contributed by atoms with E-state index < -0.39 is 5.79 Å². The van der Waals surface area contributed by atoms with Crippen LogP contribution in [0, 0.1) is 0 Å². The summed E-state index contributed by atoms with van der Waals surface area (Å²) in [5.41, 5.74) is 2.74. The fourth-order valence-corrected chi connectivity index (χ4v) is 6.39. The van der Waals surface area contributed by atoms with Gasteiger partial charge in [-0.05, 0) is 47.5 Å². The molecule has 7 rings (SSSR count). The number of thioether (sulfide) groups is 1. The number of hydrogen-bond donors (Lipinski definition) is 0. The molecule has 0 radical (unpaired) electrons. The highest BCUT2D eigenvalue weighted by molar-refractivity contribution is 7.98. The number of fused-ring (bicyclic) bond motifs is 2. The number of aromatic nitrogens is 3. The van der Waals surface area contributed by atoms with Crippen molar-refractivity contribution in [1.29, 1.82) is 0 Å². The van der Waals surface area contributed by atoms with Gasteiger partial charge in [-0.1, -0.05) is 23.9 Å². The number of amides is 1. The molecule has 2 aromatic heterocycles. The Morgan fingerprint density at radius 1 is 0.976 bits per heavy atom. The quantitative estimate of drug-likeness (QED) is 0.252. The standard InChI is InChI=1S/C30H28N4O6S/c35-27(33-10-7-30(8-11-33)39-12-13-40-30)22-4-5-23-24(15-22)32-29(41-18-21-2-1-9-31-16-21)34(28(23)36)17-20-3-6-25-26(14-20)38-19-37-25/h1-6,9,14-16H,7-8,10-13,17-19H2. The third kappa shape index (κ3) is 5.16. The molecule has 3 aliphatic heterocycles. The highest BCUT2D eigenvalue weighted by atomic mass is 32.2. The van der Waals surface area contributed by atoms with Gasteiger partial charge in [-0.25, -0.2) is 4.98 Å². The first-order valence-electron chi connectivity index (χ1n) is 13.6. The first-order chi connectivity index (χ1) is 20.1. The molecule has 11 heteroatoms. The maximum Gasteiger partial charge on any atom is 0.262 e. The summed E-state index contributed by atoms with van der Waals surface area (Å²) in [4.78, 5) is 38.2. The smallest absolute Gasteiger partial charge is 0.262 e.